The lowest BCUT2D eigenvalue weighted by Gasteiger charge is -2.23. The van der Waals surface area contributed by atoms with Crippen LogP contribution < -0.4 is 9.73 Å². The van der Waals surface area contributed by atoms with E-state index in [2.05, 4.69) is 16.6 Å². The Labute approximate surface area is 226 Å². The number of hydrazone groups is 1. The van der Waals surface area contributed by atoms with Crippen LogP contribution in [0.5, 0.6) is 0 Å². The molecule has 0 heterocycles. The minimum Gasteiger partial charge on any atom is -0.267 e. The summed E-state index contributed by atoms with van der Waals surface area (Å²) in [5.41, 5.74) is 4.95. The van der Waals surface area contributed by atoms with Crippen LogP contribution in [0, 0.1) is 0 Å². The Kier molecular flexibility index (Phi) is 7.13. The number of rotatable bonds is 7. The number of nitrogens with zero attached hydrogens (tertiary/aromatic N) is 2. The van der Waals surface area contributed by atoms with Gasteiger partial charge >= 0.3 is 0 Å². The molecule has 0 unspecified atom stereocenters. The summed E-state index contributed by atoms with van der Waals surface area (Å²) in [6.07, 6.45) is 2.79. The van der Waals surface area contributed by atoms with E-state index >= 15 is 0 Å². The van der Waals surface area contributed by atoms with E-state index in [0.29, 0.717) is 21.8 Å². The van der Waals surface area contributed by atoms with Gasteiger partial charge in [-0.25, -0.2) is 13.8 Å². The van der Waals surface area contributed by atoms with Gasteiger partial charge < -0.3 is 0 Å². The molecule has 8 heteroatoms. The summed E-state index contributed by atoms with van der Waals surface area (Å²) in [4.78, 5) is 12.8. The van der Waals surface area contributed by atoms with Crippen LogP contribution in [0.3, 0.4) is 0 Å². The lowest BCUT2D eigenvalue weighted by atomic mass is 9.97. The van der Waals surface area contributed by atoms with Crippen LogP contribution >= 0.6 is 11.6 Å². The van der Waals surface area contributed by atoms with Gasteiger partial charge in [0.1, 0.15) is 0 Å². The maximum Gasteiger partial charge on any atom is 0.271 e. The molecular formula is C30H24ClN3O3S. The number of hydrogen-bond acceptors (Lipinski definition) is 4. The highest BCUT2D eigenvalue weighted by Gasteiger charge is 2.19. The van der Waals surface area contributed by atoms with Crippen molar-refractivity contribution in [3.63, 3.8) is 0 Å². The number of nitrogens with one attached hydrogen (secondary N) is 1. The lowest BCUT2D eigenvalue weighted by molar-refractivity contribution is 0.0955. The predicted octanol–water partition coefficient (Wildman–Crippen LogP) is 6.38. The number of sulfonamides is 1. The second kappa shape index (κ2) is 10.7. The Morgan fingerprint density at radius 2 is 1.45 bits per heavy atom. The highest BCUT2D eigenvalue weighted by atomic mass is 35.5. The van der Waals surface area contributed by atoms with Gasteiger partial charge in [-0.15, -0.1) is 0 Å². The number of halogens is 1. The van der Waals surface area contributed by atoms with Crippen molar-refractivity contribution < 1.29 is 13.2 Å². The van der Waals surface area contributed by atoms with Gasteiger partial charge in [-0.3, -0.25) is 9.10 Å². The fourth-order valence-electron chi connectivity index (χ4n) is 4.37. The summed E-state index contributed by atoms with van der Waals surface area (Å²) >= 11 is 6.24. The van der Waals surface area contributed by atoms with Gasteiger partial charge in [0.05, 0.1) is 24.7 Å². The first kappa shape index (κ1) is 25.4. The van der Waals surface area contributed by atoms with Gasteiger partial charge in [0.2, 0.25) is 10.0 Å². The molecule has 5 rings (SSSR count). The van der Waals surface area contributed by atoms with Gasteiger partial charge in [0, 0.05) is 16.1 Å². The molecule has 1 N–H and O–H groups in total. The van der Waals surface area contributed by atoms with Gasteiger partial charge in [0.25, 0.3) is 5.91 Å². The number of hydrogen-bond donors (Lipinski definition) is 1. The Morgan fingerprint density at radius 3 is 2.05 bits per heavy atom. The van der Waals surface area contributed by atoms with Crippen molar-refractivity contribution >= 4 is 61.0 Å². The van der Waals surface area contributed by atoms with Crippen molar-refractivity contribution in [2.75, 3.05) is 10.6 Å². The molecule has 38 heavy (non-hydrogen) atoms. The number of amides is 1. The summed E-state index contributed by atoms with van der Waals surface area (Å²) in [7, 11) is -3.60. The third-order valence-electron chi connectivity index (χ3n) is 6.26. The molecule has 5 aromatic rings. The van der Waals surface area contributed by atoms with E-state index in [1.54, 1.807) is 54.7 Å². The van der Waals surface area contributed by atoms with Crippen LogP contribution in [-0.2, 0) is 16.6 Å². The first-order valence-corrected chi connectivity index (χ1v) is 14.1. The van der Waals surface area contributed by atoms with Crippen molar-refractivity contribution in [2.45, 2.75) is 6.54 Å². The van der Waals surface area contributed by atoms with Gasteiger partial charge in [-0.05, 0) is 63.5 Å². The fraction of sp³-hybridized carbons (Fsp3) is 0.0667. The molecule has 0 bridgehead atoms. The molecule has 5 aromatic carbocycles. The van der Waals surface area contributed by atoms with E-state index in [9.17, 15) is 13.2 Å². The zero-order chi connectivity index (χ0) is 26.7. The number of benzene rings is 5. The first-order valence-electron chi connectivity index (χ1n) is 11.9. The average molecular weight is 542 g/mol. The Hall–Kier alpha value is -4.20. The molecule has 6 nitrogen and oxygen atoms in total. The van der Waals surface area contributed by atoms with Gasteiger partial charge in [0.15, 0.2) is 0 Å². The lowest BCUT2D eigenvalue weighted by Crippen LogP contribution is -2.29. The van der Waals surface area contributed by atoms with Crippen LogP contribution in [0.25, 0.3) is 21.5 Å². The molecule has 0 radical (unpaired) electrons. The van der Waals surface area contributed by atoms with Crippen LogP contribution in [0.2, 0.25) is 5.02 Å². The Balaban J connectivity index is 1.36. The molecule has 0 aliphatic carbocycles. The Bertz CT molecular complexity index is 1730. The smallest absolute Gasteiger partial charge is 0.267 e. The van der Waals surface area contributed by atoms with E-state index in [-0.39, 0.29) is 6.54 Å². The molecule has 0 saturated heterocycles. The molecule has 190 valence electrons. The van der Waals surface area contributed by atoms with E-state index in [4.69, 9.17) is 11.6 Å². The quantitative estimate of drug-likeness (QED) is 0.147. The average Bonchev–Trinajstić information content (AvgIpc) is 2.91. The number of carbonyl (C=O) groups is 1. The van der Waals surface area contributed by atoms with E-state index < -0.39 is 15.9 Å². The SMILES string of the molecule is CS(=O)(=O)N(Cc1ccccc1Cl)c1ccc(C(=O)N/N=C\c2c3ccccc3cc3ccccc23)cc1. The second-order valence-corrected chi connectivity index (χ2v) is 11.2. The van der Waals surface area contributed by atoms with Crippen molar-refractivity contribution in [3.05, 3.63) is 125 Å². The normalized spacial score (nSPS) is 11.7. The largest absolute Gasteiger partial charge is 0.271 e. The second-order valence-electron chi connectivity index (χ2n) is 8.84. The summed E-state index contributed by atoms with van der Waals surface area (Å²) < 4.78 is 26.3. The maximum atomic E-state index is 12.8. The summed E-state index contributed by atoms with van der Waals surface area (Å²) in [6.45, 7) is 0.0767. The molecule has 0 aliphatic rings. The predicted molar refractivity (Wildman–Crippen MR) is 155 cm³/mol. The highest BCUT2D eigenvalue weighted by Crippen LogP contribution is 2.27. The van der Waals surface area contributed by atoms with Gasteiger partial charge in [-0.2, -0.15) is 5.10 Å². The molecule has 0 aliphatic heterocycles. The molecule has 1 amide bonds. The molecule has 0 saturated carbocycles. The molecule has 0 aromatic heterocycles. The van der Waals surface area contributed by atoms with Crippen molar-refractivity contribution in [3.8, 4) is 0 Å². The summed E-state index contributed by atoms with van der Waals surface area (Å²) in [6, 6.07) is 31.6. The van der Waals surface area contributed by atoms with Crippen molar-refractivity contribution in [1.29, 1.82) is 0 Å². The zero-order valence-electron chi connectivity index (χ0n) is 20.5. The molecule has 0 spiro atoms. The third kappa shape index (κ3) is 5.39. The highest BCUT2D eigenvalue weighted by molar-refractivity contribution is 7.92. The van der Waals surface area contributed by atoms with Crippen LogP contribution in [-0.4, -0.2) is 26.8 Å². The van der Waals surface area contributed by atoms with Crippen LogP contribution in [0.1, 0.15) is 21.5 Å². The van der Waals surface area contributed by atoms with Crippen LogP contribution in [0.15, 0.2) is 108 Å². The minimum absolute atomic E-state index is 0.0767. The maximum absolute atomic E-state index is 12.8. The number of fused-ring (bicyclic) bond motifs is 2. The Morgan fingerprint density at radius 1 is 0.868 bits per heavy atom. The van der Waals surface area contributed by atoms with Crippen LogP contribution in [0.4, 0.5) is 5.69 Å². The van der Waals surface area contributed by atoms with E-state index in [1.165, 1.54) is 4.31 Å². The standard InChI is InChI=1S/C30H24ClN3O3S/c1-38(36,37)34(20-24-10-4-7-13-29(24)31)25-16-14-21(15-17-25)30(35)33-32-19-28-26-11-5-2-8-22(26)18-23-9-3-6-12-27(23)28/h2-19H,20H2,1H3,(H,33,35)/b32-19-. The molecular weight excluding hydrogens is 518 g/mol. The van der Waals surface area contributed by atoms with Crippen molar-refractivity contribution in [1.82, 2.24) is 5.43 Å². The zero-order valence-corrected chi connectivity index (χ0v) is 22.1. The van der Waals surface area contributed by atoms with Gasteiger partial charge in [-0.1, -0.05) is 78.3 Å². The summed E-state index contributed by atoms with van der Waals surface area (Å²) in [5, 5.41) is 8.96. The van der Waals surface area contributed by atoms with E-state index in [0.717, 1.165) is 33.4 Å². The summed E-state index contributed by atoms with van der Waals surface area (Å²) in [5.74, 6) is -0.408. The molecule has 0 fully saturated rings. The topological polar surface area (TPSA) is 78.8 Å². The molecule has 0 atom stereocenters. The fourth-order valence-corrected chi connectivity index (χ4v) is 5.44. The van der Waals surface area contributed by atoms with E-state index in [1.807, 2.05) is 48.5 Å². The monoisotopic (exact) mass is 541 g/mol. The minimum atomic E-state index is -3.60. The third-order valence-corrected chi connectivity index (χ3v) is 7.77. The number of anilines is 1. The number of carbonyl (C=O) groups excluding carboxylic acids is 1. The van der Waals surface area contributed by atoms with Crippen molar-refractivity contribution in [2.24, 2.45) is 5.10 Å². The first-order chi connectivity index (χ1) is 18.3.